The first-order valence-corrected chi connectivity index (χ1v) is 5.58. The molecule has 0 saturated carbocycles. The van der Waals surface area contributed by atoms with Crippen LogP contribution in [0.5, 0.6) is 0 Å². The molecule has 0 aliphatic carbocycles. The second-order valence-electron chi connectivity index (χ2n) is 3.91. The Kier molecular flexibility index (Phi) is 3.12. The van der Waals surface area contributed by atoms with Gasteiger partial charge in [-0.05, 0) is 26.0 Å². The van der Waals surface area contributed by atoms with Crippen LogP contribution in [-0.4, -0.2) is 38.6 Å². The Morgan fingerprint density at radius 2 is 2.11 bits per heavy atom. The number of rotatable bonds is 3. The van der Waals surface area contributed by atoms with E-state index in [-0.39, 0.29) is 23.4 Å². The van der Waals surface area contributed by atoms with Gasteiger partial charge in [-0.3, -0.25) is 0 Å². The number of pyridine rings is 1. The number of esters is 1. The highest BCUT2D eigenvalue weighted by molar-refractivity contribution is 6.03. The average Bonchev–Trinajstić information content (AvgIpc) is 2.63. The van der Waals surface area contributed by atoms with E-state index in [4.69, 9.17) is 9.84 Å². The van der Waals surface area contributed by atoms with Gasteiger partial charge in [-0.25, -0.2) is 14.6 Å². The lowest BCUT2D eigenvalue weighted by Gasteiger charge is -2.05. The summed E-state index contributed by atoms with van der Waals surface area (Å²) >= 11 is 0. The zero-order valence-corrected chi connectivity index (χ0v) is 10.4. The molecule has 0 aliphatic rings. The van der Waals surface area contributed by atoms with Crippen LogP contribution in [0.4, 0.5) is 0 Å². The van der Waals surface area contributed by atoms with Gasteiger partial charge in [0.15, 0.2) is 5.69 Å². The lowest BCUT2D eigenvalue weighted by Crippen LogP contribution is -2.14. The molecule has 2 aromatic rings. The molecule has 0 amide bonds. The van der Waals surface area contributed by atoms with Gasteiger partial charge in [0.2, 0.25) is 0 Å². The minimum atomic E-state index is -1.31. The summed E-state index contributed by atoms with van der Waals surface area (Å²) < 4.78 is 5.59. The van der Waals surface area contributed by atoms with Gasteiger partial charge in [0, 0.05) is 0 Å². The number of aryl methyl sites for hydroxylation is 1. The number of carboxylic acids is 1. The van der Waals surface area contributed by atoms with E-state index < -0.39 is 11.9 Å². The number of carbonyl (C=O) groups excluding carboxylic acids is 1. The molecule has 0 radical (unpaired) electrons. The number of aromatic carboxylic acids is 1. The largest absolute Gasteiger partial charge is 0.478 e. The van der Waals surface area contributed by atoms with Crippen molar-refractivity contribution in [2.45, 2.75) is 13.8 Å². The summed E-state index contributed by atoms with van der Waals surface area (Å²) in [4.78, 5) is 26.8. The maximum absolute atomic E-state index is 11.7. The Morgan fingerprint density at radius 3 is 2.68 bits per heavy atom. The summed E-state index contributed by atoms with van der Waals surface area (Å²) in [5.74, 6) is -2.11. The summed E-state index contributed by atoms with van der Waals surface area (Å²) in [6.07, 6.45) is 0. The molecule has 0 saturated heterocycles. The first-order chi connectivity index (χ1) is 8.95. The van der Waals surface area contributed by atoms with Crippen LogP contribution in [0.3, 0.4) is 0 Å². The Labute approximate surface area is 108 Å². The van der Waals surface area contributed by atoms with Crippen molar-refractivity contribution in [2.75, 3.05) is 6.61 Å². The van der Waals surface area contributed by atoms with E-state index in [1.807, 2.05) is 0 Å². The molecular weight excluding hydrogens is 252 g/mol. The fourth-order valence-corrected chi connectivity index (χ4v) is 1.76. The van der Waals surface area contributed by atoms with E-state index in [1.54, 1.807) is 19.9 Å². The third kappa shape index (κ3) is 2.10. The number of carbonyl (C=O) groups is 2. The van der Waals surface area contributed by atoms with Gasteiger partial charge in [0.1, 0.15) is 5.52 Å². The van der Waals surface area contributed by atoms with Gasteiger partial charge >= 0.3 is 11.9 Å². The van der Waals surface area contributed by atoms with Gasteiger partial charge < -0.3 is 15.1 Å². The summed E-state index contributed by atoms with van der Waals surface area (Å²) in [5, 5.41) is 18.8. The lowest BCUT2D eigenvalue weighted by atomic mass is 10.1. The highest BCUT2D eigenvalue weighted by atomic mass is 16.5. The summed E-state index contributed by atoms with van der Waals surface area (Å²) in [7, 11) is 0. The minimum Gasteiger partial charge on any atom is -0.478 e. The molecule has 0 atom stereocenters. The Bertz CT molecular complexity index is 674. The molecule has 7 nitrogen and oxygen atoms in total. The highest BCUT2D eigenvalue weighted by Crippen LogP contribution is 2.20. The van der Waals surface area contributed by atoms with Crippen molar-refractivity contribution in [3.63, 3.8) is 0 Å². The Hall–Kier alpha value is -2.57. The van der Waals surface area contributed by atoms with Crippen LogP contribution in [0.15, 0.2) is 12.1 Å². The van der Waals surface area contributed by atoms with Crippen molar-refractivity contribution >= 4 is 23.0 Å². The van der Waals surface area contributed by atoms with Crippen molar-refractivity contribution in [3.8, 4) is 0 Å². The summed E-state index contributed by atoms with van der Waals surface area (Å²) in [6.45, 7) is 3.37. The van der Waals surface area contributed by atoms with Crippen LogP contribution in [0, 0.1) is 6.92 Å². The molecule has 0 aromatic carbocycles. The standard InChI is InChI=1S/C12H12N2O5/c1-3-19-12(17)10-7(11(15)16)5-9-8(13-10)4-6(2)14(9)18/h4-5,18H,3H2,1-2H3,(H,15,16). The van der Waals surface area contributed by atoms with Crippen LogP contribution >= 0.6 is 0 Å². The number of hydrogen-bond acceptors (Lipinski definition) is 5. The van der Waals surface area contributed by atoms with Crippen molar-refractivity contribution in [2.24, 2.45) is 0 Å². The van der Waals surface area contributed by atoms with E-state index in [9.17, 15) is 14.8 Å². The molecule has 0 fully saturated rings. The van der Waals surface area contributed by atoms with Crippen LogP contribution in [-0.2, 0) is 4.74 Å². The van der Waals surface area contributed by atoms with E-state index in [0.717, 1.165) is 4.73 Å². The normalized spacial score (nSPS) is 10.6. The first-order valence-electron chi connectivity index (χ1n) is 5.58. The van der Waals surface area contributed by atoms with Gasteiger partial charge in [-0.1, -0.05) is 0 Å². The monoisotopic (exact) mass is 264 g/mol. The zero-order valence-electron chi connectivity index (χ0n) is 10.4. The van der Waals surface area contributed by atoms with Crippen molar-refractivity contribution in [1.82, 2.24) is 9.71 Å². The third-order valence-corrected chi connectivity index (χ3v) is 2.64. The number of ether oxygens (including phenoxy) is 1. The SMILES string of the molecule is CCOC(=O)c1nc2cc(C)n(O)c2cc1C(=O)O. The van der Waals surface area contributed by atoms with Crippen LogP contribution in [0.1, 0.15) is 33.5 Å². The fourth-order valence-electron chi connectivity index (χ4n) is 1.76. The van der Waals surface area contributed by atoms with Gasteiger partial charge in [-0.2, -0.15) is 4.73 Å². The predicted octanol–water partition coefficient (Wildman–Crippen LogP) is 1.46. The summed E-state index contributed by atoms with van der Waals surface area (Å²) in [5.41, 5.74) is 0.461. The lowest BCUT2D eigenvalue weighted by molar-refractivity contribution is 0.0507. The van der Waals surface area contributed by atoms with E-state index in [0.29, 0.717) is 11.2 Å². The van der Waals surface area contributed by atoms with E-state index in [2.05, 4.69) is 4.98 Å². The summed E-state index contributed by atoms with van der Waals surface area (Å²) in [6, 6.07) is 2.74. The molecule has 0 spiro atoms. The Balaban J connectivity index is 2.71. The molecule has 7 heteroatoms. The smallest absolute Gasteiger partial charge is 0.357 e. The minimum absolute atomic E-state index is 0.123. The molecule has 2 aromatic heterocycles. The maximum atomic E-state index is 11.7. The van der Waals surface area contributed by atoms with Crippen LogP contribution < -0.4 is 0 Å². The number of hydrogen-bond donors (Lipinski definition) is 2. The van der Waals surface area contributed by atoms with Crippen molar-refractivity contribution in [1.29, 1.82) is 0 Å². The molecule has 0 unspecified atom stereocenters. The maximum Gasteiger partial charge on any atom is 0.357 e. The zero-order chi connectivity index (χ0) is 14.2. The first kappa shape index (κ1) is 12.9. The number of aromatic nitrogens is 2. The van der Waals surface area contributed by atoms with E-state index in [1.165, 1.54) is 6.07 Å². The second-order valence-corrected chi connectivity index (χ2v) is 3.91. The average molecular weight is 264 g/mol. The van der Waals surface area contributed by atoms with Crippen molar-refractivity contribution in [3.05, 3.63) is 29.1 Å². The van der Waals surface area contributed by atoms with Gasteiger partial charge in [-0.15, -0.1) is 0 Å². The molecule has 2 heterocycles. The van der Waals surface area contributed by atoms with Crippen LogP contribution in [0.2, 0.25) is 0 Å². The van der Waals surface area contributed by atoms with Gasteiger partial charge in [0.05, 0.1) is 23.4 Å². The molecule has 2 rings (SSSR count). The predicted molar refractivity (Wildman–Crippen MR) is 64.6 cm³/mol. The van der Waals surface area contributed by atoms with Crippen LogP contribution in [0.25, 0.3) is 11.0 Å². The number of nitrogens with zero attached hydrogens (tertiary/aromatic N) is 2. The quantitative estimate of drug-likeness (QED) is 0.642. The molecule has 0 aliphatic heterocycles. The molecule has 19 heavy (non-hydrogen) atoms. The fraction of sp³-hybridized carbons (Fsp3) is 0.250. The number of fused-ring (bicyclic) bond motifs is 1. The molecule has 2 N–H and O–H groups in total. The third-order valence-electron chi connectivity index (χ3n) is 2.64. The number of carboxylic acid groups (broad SMARTS) is 1. The van der Waals surface area contributed by atoms with Gasteiger partial charge in [0.25, 0.3) is 0 Å². The Morgan fingerprint density at radius 1 is 1.42 bits per heavy atom. The highest BCUT2D eigenvalue weighted by Gasteiger charge is 2.22. The second kappa shape index (κ2) is 4.60. The molecule has 100 valence electrons. The van der Waals surface area contributed by atoms with Crippen molar-refractivity contribution < 1.29 is 24.6 Å². The van der Waals surface area contributed by atoms with E-state index >= 15 is 0 Å². The molecular formula is C12H12N2O5. The molecule has 0 bridgehead atoms. The topological polar surface area (TPSA) is 102 Å².